The Bertz CT molecular complexity index is 1200. The molecule has 2 fully saturated rings. The molecule has 2 N–H and O–H groups in total. The summed E-state index contributed by atoms with van der Waals surface area (Å²) in [6, 6.07) is 15.1. The van der Waals surface area contributed by atoms with Gasteiger partial charge in [-0.25, -0.2) is 8.42 Å². The van der Waals surface area contributed by atoms with Gasteiger partial charge in [-0.15, -0.1) is 0 Å². The molecule has 1 aliphatic heterocycles. The highest BCUT2D eigenvalue weighted by Gasteiger charge is 2.44. The Kier molecular flexibility index (Phi) is 10.2. The number of carbonyl (C=O) groups is 1. The smallest absolute Gasteiger partial charge is 0.243 e. The van der Waals surface area contributed by atoms with Crippen molar-refractivity contribution in [1.29, 1.82) is 0 Å². The van der Waals surface area contributed by atoms with E-state index in [0.29, 0.717) is 38.2 Å². The molecule has 0 radical (unpaired) electrons. The van der Waals surface area contributed by atoms with Crippen molar-refractivity contribution in [1.82, 2.24) is 9.62 Å². The predicted molar refractivity (Wildman–Crippen MR) is 151 cm³/mol. The van der Waals surface area contributed by atoms with Crippen LogP contribution in [0.1, 0.15) is 45.1 Å². The molecule has 1 saturated heterocycles. The molecule has 1 heterocycles. The van der Waals surface area contributed by atoms with Gasteiger partial charge in [0.1, 0.15) is 5.75 Å². The van der Waals surface area contributed by atoms with E-state index in [-0.39, 0.29) is 35.7 Å². The number of nitrogens with one attached hydrogen (secondary N) is 1. The third kappa shape index (κ3) is 7.61. The molecule has 1 saturated carbocycles. The number of sulfonamides is 1. The summed E-state index contributed by atoms with van der Waals surface area (Å²) in [6.45, 7) is 4.97. The van der Waals surface area contributed by atoms with Crippen molar-refractivity contribution in [3.05, 3.63) is 60.2 Å². The lowest BCUT2D eigenvalue weighted by Crippen LogP contribution is -2.53. The summed E-state index contributed by atoms with van der Waals surface area (Å²) in [5.41, 5.74) is 0.933. The van der Waals surface area contributed by atoms with Crippen LogP contribution < -0.4 is 10.1 Å². The van der Waals surface area contributed by atoms with Crippen molar-refractivity contribution >= 4 is 15.9 Å². The molecule has 3 atom stereocenters. The molecule has 2 aliphatic rings. The van der Waals surface area contributed by atoms with E-state index in [1.807, 2.05) is 44.2 Å². The zero-order valence-electron chi connectivity index (χ0n) is 23.6. The van der Waals surface area contributed by atoms with E-state index in [0.717, 1.165) is 18.4 Å². The summed E-state index contributed by atoms with van der Waals surface area (Å²) >= 11 is 0. The Balaban J connectivity index is 1.54. The fourth-order valence-electron chi connectivity index (χ4n) is 5.54. The first kappa shape index (κ1) is 30.5. The highest BCUT2D eigenvalue weighted by Crippen LogP contribution is 2.39. The van der Waals surface area contributed by atoms with Gasteiger partial charge in [0.25, 0.3) is 0 Å². The molecule has 0 aromatic heterocycles. The molecule has 40 heavy (non-hydrogen) atoms. The van der Waals surface area contributed by atoms with Crippen LogP contribution in [0.3, 0.4) is 0 Å². The third-order valence-corrected chi connectivity index (χ3v) is 9.45. The largest absolute Gasteiger partial charge is 0.497 e. The Morgan fingerprint density at radius 2 is 1.77 bits per heavy atom. The summed E-state index contributed by atoms with van der Waals surface area (Å²) in [7, 11) is -2.39. The van der Waals surface area contributed by atoms with Crippen molar-refractivity contribution in [2.45, 2.75) is 68.8 Å². The van der Waals surface area contributed by atoms with E-state index in [1.54, 1.807) is 12.1 Å². The maximum absolute atomic E-state index is 13.7. The molecule has 1 amide bonds. The molecule has 10 heteroatoms. The lowest BCUT2D eigenvalue weighted by molar-refractivity contribution is -0.189. The molecular weight excluding hydrogens is 532 g/mol. The summed E-state index contributed by atoms with van der Waals surface area (Å²) in [5.74, 6) is -0.613. The number of aliphatic hydroxyl groups excluding tert-OH is 1. The average Bonchev–Trinajstić information content (AvgIpc) is 3.39. The van der Waals surface area contributed by atoms with Crippen LogP contribution in [0.25, 0.3) is 0 Å². The molecule has 0 bridgehead atoms. The van der Waals surface area contributed by atoms with E-state index in [9.17, 15) is 18.3 Å². The minimum atomic E-state index is -3.91. The number of hydrogen-bond acceptors (Lipinski definition) is 7. The minimum Gasteiger partial charge on any atom is -0.497 e. The van der Waals surface area contributed by atoms with Crippen LogP contribution in [0.15, 0.2) is 59.5 Å². The number of ether oxygens (including phenoxy) is 3. The topological polar surface area (TPSA) is 114 Å². The average molecular weight is 575 g/mol. The van der Waals surface area contributed by atoms with E-state index in [4.69, 9.17) is 14.2 Å². The van der Waals surface area contributed by atoms with Crippen molar-refractivity contribution < 1.29 is 32.5 Å². The third-order valence-electron chi connectivity index (χ3n) is 7.60. The number of methoxy groups -OCH3 is 1. The first-order valence-corrected chi connectivity index (χ1v) is 15.5. The molecule has 1 aliphatic carbocycles. The standard InChI is InChI=1S/C30H42N2O7S/c1-22(2)20-32(40(35,36)26-13-11-25(37-3)12-14-26)21-28(33)27(18-23-8-5-4-6-9-23)31-29(34)24-10-7-15-30(19-24)38-16-17-39-30/h4-6,8-9,11-14,22,24,27-28,33H,7,10,15-21H2,1-3H3,(H,31,34)/t24-,27+,28-/m1/s1. The van der Waals surface area contributed by atoms with Crippen LogP contribution in [-0.4, -0.2) is 75.1 Å². The highest BCUT2D eigenvalue weighted by molar-refractivity contribution is 7.89. The number of amides is 1. The molecule has 9 nitrogen and oxygen atoms in total. The molecule has 1 spiro atoms. The van der Waals surface area contributed by atoms with Gasteiger partial charge in [-0.3, -0.25) is 4.79 Å². The normalized spacial score (nSPS) is 20.5. The Hall–Kier alpha value is -2.50. The maximum atomic E-state index is 13.7. The van der Waals surface area contributed by atoms with E-state index in [2.05, 4.69) is 5.32 Å². The molecule has 4 rings (SSSR count). The van der Waals surface area contributed by atoms with E-state index >= 15 is 0 Å². The fraction of sp³-hybridized carbons (Fsp3) is 0.567. The van der Waals surface area contributed by atoms with Crippen LogP contribution in [0, 0.1) is 11.8 Å². The second-order valence-electron chi connectivity index (χ2n) is 11.2. The van der Waals surface area contributed by atoms with Crippen LogP contribution in [0.4, 0.5) is 0 Å². The predicted octanol–water partition coefficient (Wildman–Crippen LogP) is 3.36. The summed E-state index contributed by atoms with van der Waals surface area (Å²) < 4.78 is 45.5. The van der Waals surface area contributed by atoms with Gasteiger partial charge < -0.3 is 24.6 Å². The lowest BCUT2D eigenvalue weighted by Gasteiger charge is -2.37. The van der Waals surface area contributed by atoms with Gasteiger partial charge in [0.15, 0.2) is 5.79 Å². The van der Waals surface area contributed by atoms with Gasteiger partial charge >= 0.3 is 0 Å². The summed E-state index contributed by atoms with van der Waals surface area (Å²) in [5, 5.41) is 14.6. The Morgan fingerprint density at radius 3 is 2.40 bits per heavy atom. The second kappa shape index (κ2) is 13.4. The highest BCUT2D eigenvalue weighted by atomic mass is 32.2. The number of carbonyl (C=O) groups excluding carboxylic acids is 1. The minimum absolute atomic E-state index is 0.0206. The first-order chi connectivity index (χ1) is 19.1. The van der Waals surface area contributed by atoms with Crippen LogP contribution >= 0.6 is 0 Å². The monoisotopic (exact) mass is 574 g/mol. The maximum Gasteiger partial charge on any atom is 0.243 e. The van der Waals surface area contributed by atoms with Crippen molar-refractivity contribution in [3.8, 4) is 5.75 Å². The first-order valence-electron chi connectivity index (χ1n) is 14.1. The van der Waals surface area contributed by atoms with E-state index in [1.165, 1.54) is 23.5 Å². The number of aliphatic hydroxyl groups is 1. The number of hydrogen-bond donors (Lipinski definition) is 2. The van der Waals surface area contributed by atoms with Gasteiger partial charge in [0, 0.05) is 31.8 Å². The Morgan fingerprint density at radius 1 is 1.10 bits per heavy atom. The number of benzene rings is 2. The zero-order chi connectivity index (χ0) is 28.8. The van der Waals surface area contributed by atoms with Crippen molar-refractivity contribution in [3.63, 3.8) is 0 Å². The zero-order valence-corrected chi connectivity index (χ0v) is 24.4. The van der Waals surface area contributed by atoms with Crippen molar-refractivity contribution in [2.75, 3.05) is 33.4 Å². The molecule has 0 unspecified atom stereocenters. The second-order valence-corrected chi connectivity index (χ2v) is 13.1. The summed E-state index contributed by atoms with van der Waals surface area (Å²) in [4.78, 5) is 13.6. The van der Waals surface area contributed by atoms with Gasteiger partial charge in [-0.2, -0.15) is 4.31 Å². The number of rotatable bonds is 12. The SMILES string of the molecule is COc1ccc(S(=O)(=O)N(CC(C)C)C[C@@H](O)[C@H](Cc2ccccc2)NC(=O)[C@@H]2CCCC3(C2)OCCO3)cc1. The van der Waals surface area contributed by atoms with Gasteiger partial charge in [0.05, 0.1) is 37.4 Å². The van der Waals surface area contributed by atoms with E-state index < -0.39 is 28.0 Å². The van der Waals surface area contributed by atoms with Crippen molar-refractivity contribution in [2.24, 2.45) is 11.8 Å². The van der Waals surface area contributed by atoms with Crippen LogP contribution in [0.5, 0.6) is 5.75 Å². The van der Waals surface area contributed by atoms with Gasteiger partial charge in [-0.1, -0.05) is 44.2 Å². The molecule has 220 valence electrons. The lowest BCUT2D eigenvalue weighted by atomic mass is 9.83. The molecular formula is C30H42N2O7S. The number of nitrogens with zero attached hydrogens (tertiary/aromatic N) is 1. The fourth-order valence-corrected chi connectivity index (χ4v) is 7.16. The van der Waals surface area contributed by atoms with Gasteiger partial charge in [0.2, 0.25) is 15.9 Å². The summed E-state index contributed by atoms with van der Waals surface area (Å²) in [6.07, 6.45) is 1.97. The van der Waals surface area contributed by atoms with Crippen LogP contribution in [-0.2, 0) is 30.7 Å². The van der Waals surface area contributed by atoms with Gasteiger partial charge in [-0.05, 0) is 55.0 Å². The molecule has 2 aromatic carbocycles. The quantitative estimate of drug-likeness (QED) is 0.400. The van der Waals surface area contributed by atoms with Crippen LogP contribution in [0.2, 0.25) is 0 Å². The molecule has 2 aromatic rings. The Labute approximate surface area is 237 Å².